The Morgan fingerprint density at radius 3 is 2.73 bits per heavy atom. The van der Waals surface area contributed by atoms with Crippen molar-refractivity contribution in [2.24, 2.45) is 5.84 Å². The fourth-order valence-electron chi connectivity index (χ4n) is 4.73. The van der Waals surface area contributed by atoms with Crippen molar-refractivity contribution in [3.8, 4) is 0 Å². The minimum Gasteiger partial charge on any atom is -0.584 e. The van der Waals surface area contributed by atoms with Crippen LogP contribution in [0.1, 0.15) is 73.1 Å². The van der Waals surface area contributed by atoms with Crippen molar-refractivity contribution in [3.63, 3.8) is 0 Å². The highest BCUT2D eigenvalue weighted by Gasteiger charge is 2.35. The quantitative estimate of drug-likeness (QED) is 0.295. The molecule has 2 aliphatic rings. The third-order valence-corrected chi connectivity index (χ3v) is 7.27. The zero-order valence-corrected chi connectivity index (χ0v) is 18.7. The molecular weight excluding hydrogens is 402 g/mol. The summed E-state index contributed by atoms with van der Waals surface area (Å²) in [6, 6.07) is 3.13. The number of hydrogen-bond donors (Lipinski definition) is 3. The Balaban J connectivity index is 1.60. The Kier molecular flexibility index (Phi) is 5.38. The van der Waals surface area contributed by atoms with Crippen molar-refractivity contribution in [1.29, 1.82) is 0 Å². The summed E-state index contributed by atoms with van der Waals surface area (Å²) in [6.45, 7) is 7.07. The van der Waals surface area contributed by atoms with Gasteiger partial charge in [0.1, 0.15) is 5.76 Å². The van der Waals surface area contributed by atoms with E-state index in [-0.39, 0.29) is 5.09 Å². The second-order valence-electron chi connectivity index (χ2n) is 8.85. The maximum atomic E-state index is 12.9. The van der Waals surface area contributed by atoms with Crippen molar-refractivity contribution in [3.05, 3.63) is 45.7 Å². The molecular formula is C22H29N3O4S. The number of fused-ring (bicyclic) bond motifs is 2. The molecule has 4 N–H and O–H groups in total. The number of amides is 2. The van der Waals surface area contributed by atoms with E-state index in [0.717, 1.165) is 37.8 Å². The number of nitrogens with two attached hydrogens (primary N) is 1. The topological polar surface area (TPSA) is 115 Å². The SMILES string of the molecule is Cc1oc([S@@+]([O-])N(N)C(=O)Nc2c3c(cc4c2C(C)CC4)CCC3)cc1C(C)(C)O. The summed E-state index contributed by atoms with van der Waals surface area (Å²) in [6.07, 6.45) is 5.08. The summed E-state index contributed by atoms with van der Waals surface area (Å²) in [5.74, 6) is 6.73. The molecule has 1 aromatic carbocycles. The maximum Gasteiger partial charge on any atom is 0.379 e. The zero-order chi connectivity index (χ0) is 21.8. The number of anilines is 1. The molecule has 1 aromatic heterocycles. The van der Waals surface area contributed by atoms with Gasteiger partial charge in [-0.1, -0.05) is 17.4 Å². The van der Waals surface area contributed by atoms with E-state index in [1.165, 1.54) is 28.3 Å². The summed E-state index contributed by atoms with van der Waals surface area (Å²) in [5, 5.41) is 13.2. The minimum atomic E-state index is -2.04. The van der Waals surface area contributed by atoms with Crippen LogP contribution in [0.5, 0.6) is 0 Å². The van der Waals surface area contributed by atoms with Gasteiger partial charge in [-0.3, -0.25) is 0 Å². The molecule has 2 aromatic rings. The number of nitrogens with zero attached hydrogens (tertiary/aromatic N) is 1. The van der Waals surface area contributed by atoms with Crippen molar-refractivity contribution in [2.75, 3.05) is 5.32 Å². The molecule has 2 atom stereocenters. The summed E-state index contributed by atoms with van der Waals surface area (Å²) in [7, 11) is 0. The van der Waals surface area contributed by atoms with E-state index < -0.39 is 23.0 Å². The van der Waals surface area contributed by atoms with Gasteiger partial charge < -0.3 is 19.4 Å². The van der Waals surface area contributed by atoms with Crippen LogP contribution < -0.4 is 11.2 Å². The average Bonchev–Trinajstić information content (AvgIpc) is 3.38. The van der Waals surface area contributed by atoms with E-state index in [9.17, 15) is 14.5 Å². The van der Waals surface area contributed by atoms with E-state index in [0.29, 0.717) is 21.7 Å². The van der Waals surface area contributed by atoms with Gasteiger partial charge >= 0.3 is 11.1 Å². The Hall–Kier alpha value is -2.00. The van der Waals surface area contributed by atoms with Gasteiger partial charge in [0.2, 0.25) is 0 Å². The monoisotopic (exact) mass is 431 g/mol. The van der Waals surface area contributed by atoms with Gasteiger partial charge in [-0.2, -0.15) is 5.84 Å². The lowest BCUT2D eigenvalue weighted by atomic mass is 9.95. The minimum absolute atomic E-state index is 0.0270. The first-order valence-corrected chi connectivity index (χ1v) is 11.5. The Morgan fingerprint density at radius 2 is 2.07 bits per heavy atom. The zero-order valence-electron chi connectivity index (χ0n) is 17.9. The van der Waals surface area contributed by atoms with Crippen molar-refractivity contribution in [2.45, 2.75) is 76.4 Å². The van der Waals surface area contributed by atoms with Crippen LogP contribution in [0.4, 0.5) is 10.5 Å². The summed E-state index contributed by atoms with van der Waals surface area (Å²) >= 11 is -2.04. The van der Waals surface area contributed by atoms with Crippen LogP contribution in [0.25, 0.3) is 0 Å². The molecule has 2 amide bonds. The van der Waals surface area contributed by atoms with E-state index >= 15 is 0 Å². The highest BCUT2D eigenvalue weighted by molar-refractivity contribution is 7.89. The highest BCUT2D eigenvalue weighted by Crippen LogP contribution is 2.44. The standard InChI is InChI=1S/C22H29N3O4S/c1-12-8-9-15-10-14-6-5-7-16(14)20(19(12)15)24-21(26)25(23)30(28)18-11-17(13(2)29-18)22(3,4)27/h10-12,27H,5-9,23H2,1-4H3,(H,24,26)/t12?,30-/m1/s1. The summed E-state index contributed by atoms with van der Waals surface area (Å²) in [4.78, 5) is 12.9. The first-order chi connectivity index (χ1) is 14.1. The first kappa shape index (κ1) is 21.2. The number of carbonyl (C=O) groups is 1. The number of aryl methyl sites for hydroxylation is 3. The second kappa shape index (κ2) is 7.60. The van der Waals surface area contributed by atoms with Gasteiger partial charge in [0.15, 0.2) is 11.4 Å². The Bertz CT molecular complexity index is 995. The number of furan rings is 1. The molecule has 30 heavy (non-hydrogen) atoms. The molecule has 7 nitrogen and oxygen atoms in total. The summed E-state index contributed by atoms with van der Waals surface area (Å²) in [5.41, 5.74) is 5.13. The third kappa shape index (κ3) is 3.62. The fourth-order valence-corrected chi connectivity index (χ4v) is 5.54. The van der Waals surface area contributed by atoms with Crippen molar-refractivity contribution < 1.29 is 18.9 Å². The molecule has 1 unspecified atom stereocenters. The molecule has 0 radical (unpaired) electrons. The molecule has 0 fully saturated rings. The lowest BCUT2D eigenvalue weighted by Gasteiger charge is -2.21. The van der Waals surface area contributed by atoms with E-state index in [1.807, 2.05) is 0 Å². The van der Waals surface area contributed by atoms with Crippen LogP contribution in [0.2, 0.25) is 0 Å². The molecule has 4 rings (SSSR count). The molecule has 2 aliphatic carbocycles. The summed E-state index contributed by atoms with van der Waals surface area (Å²) < 4.78 is 19.1. The van der Waals surface area contributed by atoms with E-state index in [2.05, 4.69) is 18.3 Å². The molecule has 0 spiro atoms. The van der Waals surface area contributed by atoms with E-state index in [1.54, 1.807) is 20.8 Å². The van der Waals surface area contributed by atoms with Crippen LogP contribution in [0.15, 0.2) is 21.6 Å². The van der Waals surface area contributed by atoms with Crippen molar-refractivity contribution in [1.82, 2.24) is 4.41 Å². The lowest BCUT2D eigenvalue weighted by molar-refractivity contribution is 0.0769. The largest absolute Gasteiger partial charge is 0.584 e. The molecule has 0 saturated carbocycles. The Morgan fingerprint density at radius 1 is 1.33 bits per heavy atom. The van der Waals surface area contributed by atoms with Gasteiger partial charge in [-0.05, 0) is 81.0 Å². The van der Waals surface area contributed by atoms with Crippen LogP contribution >= 0.6 is 0 Å². The third-order valence-electron chi connectivity index (χ3n) is 6.20. The predicted octanol–water partition coefficient (Wildman–Crippen LogP) is 3.78. The van der Waals surface area contributed by atoms with Gasteiger partial charge in [0, 0.05) is 17.3 Å². The van der Waals surface area contributed by atoms with Crippen molar-refractivity contribution >= 4 is 23.1 Å². The lowest BCUT2D eigenvalue weighted by Crippen LogP contribution is -2.45. The smallest absolute Gasteiger partial charge is 0.379 e. The van der Waals surface area contributed by atoms with Crippen LogP contribution in [0, 0.1) is 6.92 Å². The molecule has 1 heterocycles. The normalized spacial score (nSPS) is 18.8. The van der Waals surface area contributed by atoms with Crippen LogP contribution in [-0.4, -0.2) is 20.1 Å². The van der Waals surface area contributed by atoms with Crippen LogP contribution in [0.3, 0.4) is 0 Å². The molecule has 0 aliphatic heterocycles. The molecule has 8 heteroatoms. The number of benzene rings is 1. The molecule has 0 bridgehead atoms. The van der Waals surface area contributed by atoms with E-state index in [4.69, 9.17) is 10.3 Å². The number of hydrogen-bond acceptors (Lipinski definition) is 5. The first-order valence-electron chi connectivity index (χ1n) is 10.4. The van der Waals surface area contributed by atoms with Crippen LogP contribution in [-0.2, 0) is 36.2 Å². The maximum absolute atomic E-state index is 12.9. The average molecular weight is 432 g/mol. The fraction of sp³-hybridized carbons (Fsp3) is 0.500. The van der Waals surface area contributed by atoms with Gasteiger partial charge in [0.25, 0.3) is 0 Å². The molecule has 162 valence electrons. The number of nitrogens with one attached hydrogen (secondary N) is 1. The highest BCUT2D eigenvalue weighted by atomic mass is 32.2. The second-order valence-corrected chi connectivity index (χ2v) is 10.1. The number of rotatable bonds is 4. The number of carbonyl (C=O) groups excluding carboxylic acids is 1. The Labute approximate surface area is 179 Å². The van der Waals surface area contributed by atoms with Gasteiger partial charge in [-0.25, -0.2) is 4.79 Å². The number of aliphatic hydroxyl groups is 1. The molecule has 0 saturated heterocycles. The number of hydrazine groups is 1. The predicted molar refractivity (Wildman–Crippen MR) is 115 cm³/mol. The van der Waals surface area contributed by atoms with Gasteiger partial charge in [-0.15, -0.1) is 0 Å². The number of urea groups is 1. The van der Waals surface area contributed by atoms with Gasteiger partial charge in [0.05, 0.1) is 5.60 Å².